The second-order valence-electron chi connectivity index (χ2n) is 4.62. The third kappa shape index (κ3) is 2.01. The van der Waals surface area contributed by atoms with Crippen molar-refractivity contribution < 1.29 is 0 Å². The van der Waals surface area contributed by atoms with Crippen molar-refractivity contribution in [1.82, 2.24) is 9.97 Å². The SMILES string of the molecule is N#CC(C#N)=c1c2c(c(=C(C#N)C#N)c3nccnc13)NCC=N2. The van der Waals surface area contributed by atoms with Gasteiger partial charge in [0.2, 0.25) is 0 Å². The minimum atomic E-state index is -0.167. The van der Waals surface area contributed by atoms with Gasteiger partial charge in [0.1, 0.15) is 46.5 Å². The summed E-state index contributed by atoms with van der Waals surface area (Å²) < 4.78 is 0. The van der Waals surface area contributed by atoms with Gasteiger partial charge < -0.3 is 5.32 Å². The van der Waals surface area contributed by atoms with E-state index in [-0.39, 0.29) is 32.6 Å². The monoisotopic (exact) mass is 310 g/mol. The Morgan fingerprint density at radius 2 is 1.42 bits per heavy atom. The minimum Gasteiger partial charge on any atom is -0.378 e. The molecule has 24 heavy (non-hydrogen) atoms. The van der Waals surface area contributed by atoms with E-state index in [1.807, 2.05) is 24.3 Å². The van der Waals surface area contributed by atoms with Gasteiger partial charge in [0, 0.05) is 18.6 Å². The van der Waals surface area contributed by atoms with Gasteiger partial charge in [-0.2, -0.15) is 21.0 Å². The molecule has 0 saturated heterocycles. The molecular formula is C16H6N8. The Labute approximate surface area is 135 Å². The molecule has 3 rings (SSSR count). The lowest BCUT2D eigenvalue weighted by Gasteiger charge is -2.15. The van der Waals surface area contributed by atoms with Crippen LogP contribution in [0, 0.1) is 45.3 Å². The number of rotatable bonds is 0. The Hall–Kier alpha value is -4.27. The number of hydrogen-bond donors (Lipinski definition) is 1. The fourth-order valence-electron chi connectivity index (χ4n) is 2.52. The number of anilines is 1. The van der Waals surface area contributed by atoms with Crippen LogP contribution in [0.3, 0.4) is 0 Å². The molecule has 2 aromatic rings. The summed E-state index contributed by atoms with van der Waals surface area (Å²) in [6, 6.07) is 7.36. The van der Waals surface area contributed by atoms with Crippen LogP contribution in [0.1, 0.15) is 0 Å². The van der Waals surface area contributed by atoms with Crippen LogP contribution in [0.5, 0.6) is 0 Å². The van der Waals surface area contributed by atoms with Crippen LogP contribution in [0.4, 0.5) is 11.4 Å². The summed E-state index contributed by atoms with van der Waals surface area (Å²) in [5, 5.41) is 40.7. The third-order valence-electron chi connectivity index (χ3n) is 3.43. The summed E-state index contributed by atoms with van der Waals surface area (Å²) in [5.41, 5.74) is 0.875. The molecule has 8 heteroatoms. The molecule has 0 radical (unpaired) electrons. The molecule has 1 aromatic carbocycles. The predicted molar refractivity (Wildman–Crippen MR) is 84.7 cm³/mol. The van der Waals surface area contributed by atoms with Crippen molar-refractivity contribution >= 4 is 39.8 Å². The molecule has 0 spiro atoms. The van der Waals surface area contributed by atoms with Crippen LogP contribution in [-0.2, 0) is 0 Å². The van der Waals surface area contributed by atoms with E-state index in [1.54, 1.807) is 6.21 Å². The molecular weight excluding hydrogens is 304 g/mol. The lowest BCUT2D eigenvalue weighted by atomic mass is 10.0. The average Bonchev–Trinajstić information content (AvgIpc) is 2.64. The summed E-state index contributed by atoms with van der Waals surface area (Å²) in [6.45, 7) is 0.379. The number of nitriles is 4. The maximum atomic E-state index is 9.28. The van der Waals surface area contributed by atoms with Crippen molar-refractivity contribution in [3.05, 3.63) is 22.8 Å². The molecule has 1 aliphatic heterocycles. The Kier molecular flexibility index (Phi) is 3.57. The second-order valence-corrected chi connectivity index (χ2v) is 4.62. The van der Waals surface area contributed by atoms with Crippen molar-refractivity contribution in [1.29, 1.82) is 21.0 Å². The number of nitrogens with zero attached hydrogens (tertiary/aromatic N) is 7. The molecule has 2 heterocycles. The largest absolute Gasteiger partial charge is 0.378 e. The molecule has 1 aliphatic rings. The van der Waals surface area contributed by atoms with Crippen LogP contribution in [0.25, 0.3) is 22.2 Å². The molecule has 0 bridgehead atoms. The van der Waals surface area contributed by atoms with Crippen molar-refractivity contribution in [2.24, 2.45) is 4.99 Å². The average molecular weight is 310 g/mol. The van der Waals surface area contributed by atoms with Crippen molar-refractivity contribution in [3.8, 4) is 24.3 Å². The predicted octanol–water partition coefficient (Wildman–Crippen LogP) is 0.153. The van der Waals surface area contributed by atoms with E-state index in [0.29, 0.717) is 17.9 Å². The van der Waals surface area contributed by atoms with Crippen molar-refractivity contribution in [3.63, 3.8) is 0 Å². The Bertz CT molecular complexity index is 1160. The van der Waals surface area contributed by atoms with Crippen LogP contribution in [0.2, 0.25) is 0 Å². The highest BCUT2D eigenvalue weighted by Gasteiger charge is 2.20. The molecule has 1 aromatic heterocycles. The summed E-state index contributed by atoms with van der Waals surface area (Å²) in [7, 11) is 0. The van der Waals surface area contributed by atoms with Gasteiger partial charge in [-0.05, 0) is 0 Å². The molecule has 0 atom stereocenters. The van der Waals surface area contributed by atoms with Crippen LogP contribution < -0.4 is 15.8 Å². The summed E-state index contributed by atoms with van der Waals surface area (Å²) in [4.78, 5) is 12.7. The fraction of sp³-hybridized carbons (Fsp3) is 0.0625. The van der Waals surface area contributed by atoms with E-state index >= 15 is 0 Å². The van der Waals surface area contributed by atoms with E-state index < -0.39 is 0 Å². The van der Waals surface area contributed by atoms with Gasteiger partial charge in [-0.3, -0.25) is 15.0 Å². The normalized spacial score (nSPS) is 11.2. The highest BCUT2D eigenvalue weighted by atomic mass is 15.0. The molecule has 0 unspecified atom stereocenters. The zero-order chi connectivity index (χ0) is 17.1. The van der Waals surface area contributed by atoms with Crippen LogP contribution in [0.15, 0.2) is 17.4 Å². The first kappa shape index (κ1) is 14.7. The molecule has 1 N–H and O–H groups in total. The van der Waals surface area contributed by atoms with Gasteiger partial charge in [0.05, 0.1) is 28.4 Å². The van der Waals surface area contributed by atoms with E-state index in [4.69, 9.17) is 0 Å². The smallest absolute Gasteiger partial charge is 0.141 e. The van der Waals surface area contributed by atoms with Crippen molar-refractivity contribution in [2.75, 3.05) is 11.9 Å². The van der Waals surface area contributed by atoms with E-state index in [1.165, 1.54) is 12.4 Å². The fourth-order valence-corrected chi connectivity index (χ4v) is 2.52. The summed E-state index contributed by atoms with van der Waals surface area (Å²) >= 11 is 0. The highest BCUT2D eigenvalue weighted by molar-refractivity contribution is 5.99. The zero-order valence-electron chi connectivity index (χ0n) is 12.1. The topological polar surface area (TPSA) is 145 Å². The number of aromatic nitrogens is 2. The lowest BCUT2D eigenvalue weighted by Crippen LogP contribution is -2.26. The number of hydrogen-bond acceptors (Lipinski definition) is 8. The molecule has 110 valence electrons. The molecule has 8 nitrogen and oxygen atoms in total. The van der Waals surface area contributed by atoms with Gasteiger partial charge in [0.15, 0.2) is 0 Å². The van der Waals surface area contributed by atoms with Crippen LogP contribution in [-0.4, -0.2) is 22.7 Å². The van der Waals surface area contributed by atoms with E-state index in [0.717, 1.165) is 0 Å². The standard InChI is InChI=1S/C16H6N8/c17-5-9(6-18)11-13-14(22-2-1-21-13)12(10(7-19)8-20)16-15(11)23-3-4-24-16/h1-3,24H,4H2. The van der Waals surface area contributed by atoms with Gasteiger partial charge in [-0.25, -0.2) is 0 Å². The molecule has 0 aliphatic carbocycles. The van der Waals surface area contributed by atoms with E-state index in [9.17, 15) is 21.0 Å². The third-order valence-corrected chi connectivity index (χ3v) is 3.43. The van der Waals surface area contributed by atoms with Crippen LogP contribution >= 0.6 is 0 Å². The number of benzene rings is 1. The Morgan fingerprint density at radius 1 is 0.875 bits per heavy atom. The minimum absolute atomic E-state index is 0.150. The number of fused-ring (bicyclic) bond motifs is 2. The first-order chi connectivity index (χ1) is 11.8. The first-order valence-electron chi connectivity index (χ1n) is 6.68. The number of nitrogens with one attached hydrogen (secondary N) is 1. The first-order valence-corrected chi connectivity index (χ1v) is 6.68. The van der Waals surface area contributed by atoms with Gasteiger partial charge in [-0.15, -0.1) is 0 Å². The molecule has 0 amide bonds. The quantitative estimate of drug-likeness (QED) is 0.728. The maximum absolute atomic E-state index is 9.28. The molecule has 0 saturated carbocycles. The maximum Gasteiger partial charge on any atom is 0.141 e. The van der Waals surface area contributed by atoms with Gasteiger partial charge >= 0.3 is 0 Å². The summed E-state index contributed by atoms with van der Waals surface area (Å²) in [6.07, 6.45) is 4.40. The second kappa shape index (κ2) is 5.85. The van der Waals surface area contributed by atoms with Crippen molar-refractivity contribution in [2.45, 2.75) is 0 Å². The van der Waals surface area contributed by atoms with Gasteiger partial charge in [-0.1, -0.05) is 0 Å². The van der Waals surface area contributed by atoms with E-state index in [2.05, 4.69) is 20.3 Å². The summed E-state index contributed by atoms with van der Waals surface area (Å²) in [5.74, 6) is 0. The Balaban J connectivity index is 2.84. The molecule has 0 fully saturated rings. The zero-order valence-corrected chi connectivity index (χ0v) is 12.1. The van der Waals surface area contributed by atoms with Gasteiger partial charge in [0.25, 0.3) is 0 Å². The highest BCUT2D eigenvalue weighted by Crippen LogP contribution is 2.23. The Morgan fingerprint density at radius 3 is 2.00 bits per heavy atom. The lowest BCUT2D eigenvalue weighted by molar-refractivity contribution is 1.24. The number of aliphatic imine (C=N–C) groups is 1.